The Labute approximate surface area is 261 Å². The number of sulfone groups is 1. The Balaban J connectivity index is 1.27. The molecule has 0 bridgehead atoms. The molecule has 0 spiro atoms. The zero-order valence-corrected chi connectivity index (χ0v) is 26.4. The number of aryl methyl sites for hydroxylation is 1. The summed E-state index contributed by atoms with van der Waals surface area (Å²) in [6, 6.07) is 9.57. The van der Waals surface area contributed by atoms with Crippen LogP contribution in [-0.4, -0.2) is 55.8 Å². The van der Waals surface area contributed by atoms with Gasteiger partial charge in [0.2, 0.25) is 0 Å². The van der Waals surface area contributed by atoms with Crippen molar-refractivity contribution in [2.24, 2.45) is 5.92 Å². The van der Waals surface area contributed by atoms with Crippen LogP contribution in [-0.2, 0) is 20.4 Å². The number of halogens is 2. The summed E-state index contributed by atoms with van der Waals surface area (Å²) in [6.45, 7) is 6.28. The third-order valence-electron chi connectivity index (χ3n) is 8.66. The Bertz CT molecular complexity index is 1740. The SMILES string of the molecule is Cc1[nH]c(/C=C2\C(=O)Nc3ccc(S(=O)(=O)Cc4c(Cl)cccc4Cl)cc32)c(C)c1C(=O)N1CCC[C@@H]1CNCC1CC1. The molecule has 1 saturated carbocycles. The van der Waals surface area contributed by atoms with Gasteiger partial charge >= 0.3 is 0 Å². The van der Waals surface area contributed by atoms with Gasteiger partial charge in [0.05, 0.1) is 21.8 Å². The van der Waals surface area contributed by atoms with Crippen LogP contribution in [0.3, 0.4) is 0 Å². The van der Waals surface area contributed by atoms with Crippen LogP contribution in [0.5, 0.6) is 0 Å². The van der Waals surface area contributed by atoms with Crippen LogP contribution in [0.25, 0.3) is 11.6 Å². The fourth-order valence-electron chi connectivity index (χ4n) is 6.07. The smallest absolute Gasteiger partial charge is 0.256 e. The van der Waals surface area contributed by atoms with Crippen molar-refractivity contribution in [2.75, 3.05) is 25.0 Å². The molecule has 1 aliphatic carbocycles. The van der Waals surface area contributed by atoms with E-state index in [1.54, 1.807) is 30.3 Å². The molecule has 11 heteroatoms. The Hall–Kier alpha value is -3.11. The maximum Gasteiger partial charge on any atom is 0.256 e. The summed E-state index contributed by atoms with van der Waals surface area (Å²) in [5.74, 6) is 0.0537. The first-order valence-corrected chi connectivity index (χ1v) is 17.0. The summed E-state index contributed by atoms with van der Waals surface area (Å²) in [5.41, 5.74) is 4.37. The van der Waals surface area contributed by atoms with Crippen molar-refractivity contribution in [2.45, 2.75) is 56.2 Å². The zero-order chi connectivity index (χ0) is 30.5. The number of carbonyl (C=O) groups excluding carboxylic acids is 2. The average molecular weight is 642 g/mol. The van der Waals surface area contributed by atoms with Crippen molar-refractivity contribution in [1.29, 1.82) is 0 Å². The Morgan fingerprint density at radius 3 is 2.56 bits per heavy atom. The highest BCUT2D eigenvalue weighted by Gasteiger charge is 2.33. The second kappa shape index (κ2) is 11.8. The Kier molecular flexibility index (Phi) is 8.19. The van der Waals surface area contributed by atoms with Crippen molar-refractivity contribution in [3.05, 3.63) is 80.1 Å². The summed E-state index contributed by atoms with van der Waals surface area (Å²) >= 11 is 12.5. The van der Waals surface area contributed by atoms with Gasteiger partial charge in [-0.05, 0) is 94.0 Å². The van der Waals surface area contributed by atoms with Gasteiger partial charge in [0.15, 0.2) is 9.84 Å². The minimum Gasteiger partial charge on any atom is -0.358 e. The number of aromatic nitrogens is 1. The molecule has 3 aromatic rings. The number of carbonyl (C=O) groups is 2. The molecule has 1 aromatic heterocycles. The number of anilines is 1. The monoisotopic (exact) mass is 640 g/mol. The fraction of sp³-hybridized carbons (Fsp3) is 0.375. The highest BCUT2D eigenvalue weighted by molar-refractivity contribution is 7.90. The molecule has 43 heavy (non-hydrogen) atoms. The summed E-state index contributed by atoms with van der Waals surface area (Å²) in [4.78, 5) is 32.1. The number of amides is 2. The molecule has 3 N–H and O–H groups in total. The topological polar surface area (TPSA) is 111 Å². The van der Waals surface area contributed by atoms with Crippen LogP contribution in [0.1, 0.15) is 64.1 Å². The molecule has 3 heterocycles. The standard InChI is InChI=1S/C32H34Cl2N4O4S/c1-18-29(36-19(2)30(18)32(40)38-12-4-5-21(38)16-35-15-20-8-9-20)14-24-23-13-22(10-11-28(23)37-31(24)39)43(41,42)17-25-26(33)6-3-7-27(25)34/h3,6-7,10-11,13-14,20-21,35-36H,4-5,8-9,12,15-17H2,1-2H3,(H,37,39)/b24-14-/t21-/m1/s1. The van der Waals surface area contributed by atoms with Gasteiger partial charge in [-0.25, -0.2) is 8.42 Å². The van der Waals surface area contributed by atoms with E-state index in [9.17, 15) is 18.0 Å². The van der Waals surface area contributed by atoms with Gasteiger partial charge in [-0.2, -0.15) is 0 Å². The second-order valence-electron chi connectivity index (χ2n) is 11.7. The molecule has 2 amide bonds. The van der Waals surface area contributed by atoms with E-state index < -0.39 is 9.84 Å². The number of rotatable bonds is 9. The molecule has 1 atom stereocenters. The predicted molar refractivity (Wildman–Crippen MR) is 170 cm³/mol. The van der Waals surface area contributed by atoms with Gasteiger partial charge in [0, 0.05) is 57.4 Å². The number of H-pyrrole nitrogens is 1. The lowest BCUT2D eigenvalue weighted by Crippen LogP contribution is -2.42. The van der Waals surface area contributed by atoms with Gasteiger partial charge in [0.1, 0.15) is 0 Å². The molecule has 3 aliphatic rings. The van der Waals surface area contributed by atoms with Gasteiger partial charge < -0.3 is 20.5 Å². The van der Waals surface area contributed by atoms with Crippen molar-refractivity contribution in [3.8, 4) is 0 Å². The van der Waals surface area contributed by atoms with E-state index in [2.05, 4.69) is 15.6 Å². The van der Waals surface area contributed by atoms with E-state index in [0.29, 0.717) is 33.6 Å². The normalized spacial score (nSPS) is 19.3. The van der Waals surface area contributed by atoms with Crippen molar-refractivity contribution >= 4 is 62.2 Å². The lowest BCUT2D eigenvalue weighted by molar-refractivity contribution is -0.110. The molecule has 1 saturated heterocycles. The maximum atomic E-state index is 13.8. The lowest BCUT2D eigenvalue weighted by Gasteiger charge is -2.25. The lowest BCUT2D eigenvalue weighted by atomic mass is 10.0. The van der Waals surface area contributed by atoms with Crippen molar-refractivity contribution in [1.82, 2.24) is 15.2 Å². The summed E-state index contributed by atoms with van der Waals surface area (Å²) in [6.07, 6.45) is 6.23. The number of aromatic amines is 1. The summed E-state index contributed by atoms with van der Waals surface area (Å²) < 4.78 is 26.8. The fourth-order valence-corrected chi connectivity index (χ4v) is 8.19. The van der Waals surface area contributed by atoms with Crippen LogP contribution < -0.4 is 10.6 Å². The molecule has 0 radical (unpaired) electrons. The van der Waals surface area contributed by atoms with Crippen LogP contribution in [0.2, 0.25) is 10.0 Å². The average Bonchev–Trinajstić information content (AvgIpc) is 3.46. The van der Waals surface area contributed by atoms with Gasteiger partial charge in [-0.1, -0.05) is 29.3 Å². The predicted octanol–water partition coefficient (Wildman–Crippen LogP) is 6.01. The zero-order valence-electron chi connectivity index (χ0n) is 24.1. The maximum absolute atomic E-state index is 13.8. The summed E-state index contributed by atoms with van der Waals surface area (Å²) in [5, 5.41) is 6.91. The first kappa shape index (κ1) is 29.9. The molecule has 8 nitrogen and oxygen atoms in total. The van der Waals surface area contributed by atoms with E-state index >= 15 is 0 Å². The van der Waals surface area contributed by atoms with Crippen LogP contribution in [0.4, 0.5) is 5.69 Å². The van der Waals surface area contributed by atoms with E-state index in [1.807, 2.05) is 18.7 Å². The number of benzene rings is 2. The largest absolute Gasteiger partial charge is 0.358 e. The molecule has 226 valence electrons. The van der Waals surface area contributed by atoms with Crippen LogP contribution in [0, 0.1) is 19.8 Å². The number of hydrogen-bond donors (Lipinski definition) is 3. The molecular formula is C32H34Cl2N4O4S. The van der Waals surface area contributed by atoms with E-state index in [0.717, 1.165) is 49.7 Å². The van der Waals surface area contributed by atoms with E-state index in [4.69, 9.17) is 23.2 Å². The Morgan fingerprint density at radius 2 is 1.84 bits per heavy atom. The molecule has 6 rings (SSSR count). The third-order valence-corrected chi connectivity index (χ3v) is 11.0. The van der Waals surface area contributed by atoms with Gasteiger partial charge in [-0.3, -0.25) is 9.59 Å². The van der Waals surface area contributed by atoms with E-state index in [-0.39, 0.29) is 38.5 Å². The number of likely N-dealkylation sites (tertiary alicyclic amines) is 1. The number of nitrogens with zero attached hydrogens (tertiary/aromatic N) is 1. The third kappa shape index (κ3) is 6.00. The highest BCUT2D eigenvalue weighted by Crippen LogP contribution is 2.37. The summed E-state index contributed by atoms with van der Waals surface area (Å²) in [7, 11) is -3.84. The molecule has 2 aliphatic heterocycles. The van der Waals surface area contributed by atoms with Crippen LogP contribution in [0.15, 0.2) is 41.3 Å². The molecule has 2 fully saturated rings. The number of hydrogen-bond acceptors (Lipinski definition) is 5. The molecular weight excluding hydrogens is 607 g/mol. The molecule has 0 unspecified atom stereocenters. The van der Waals surface area contributed by atoms with Crippen LogP contribution >= 0.6 is 23.2 Å². The van der Waals surface area contributed by atoms with Crippen molar-refractivity contribution in [3.63, 3.8) is 0 Å². The van der Waals surface area contributed by atoms with Gasteiger partial charge in [-0.15, -0.1) is 0 Å². The molecule has 2 aromatic carbocycles. The van der Waals surface area contributed by atoms with Gasteiger partial charge in [0.25, 0.3) is 11.8 Å². The van der Waals surface area contributed by atoms with Crippen molar-refractivity contribution < 1.29 is 18.0 Å². The highest BCUT2D eigenvalue weighted by atomic mass is 35.5. The first-order valence-electron chi connectivity index (χ1n) is 14.6. The number of fused-ring (bicyclic) bond motifs is 1. The minimum atomic E-state index is -3.84. The Morgan fingerprint density at radius 1 is 1.09 bits per heavy atom. The quantitative estimate of drug-likeness (QED) is 0.248. The number of nitrogens with one attached hydrogen (secondary N) is 3. The first-order chi connectivity index (χ1) is 20.5. The second-order valence-corrected chi connectivity index (χ2v) is 14.5. The minimum absolute atomic E-state index is 0.00508. The van der Waals surface area contributed by atoms with E-state index in [1.165, 1.54) is 25.0 Å².